The Kier molecular flexibility index (Phi) is 6.70. The molecule has 112 valence electrons. The van der Waals surface area contributed by atoms with E-state index >= 15 is 0 Å². The van der Waals surface area contributed by atoms with E-state index in [1.54, 1.807) is 0 Å². The van der Waals surface area contributed by atoms with Gasteiger partial charge in [0, 0.05) is 39.1 Å². The molecule has 19 heavy (non-hydrogen) atoms. The van der Waals surface area contributed by atoms with Gasteiger partial charge in [0.25, 0.3) is 0 Å². The fourth-order valence-corrected chi connectivity index (χ4v) is 3.49. The SMILES string of the molecule is COC(=O)CCCS(=O)(=O)N1CCN(CCO)CC1. The first-order valence-electron chi connectivity index (χ1n) is 6.37. The van der Waals surface area contributed by atoms with Gasteiger partial charge in [0.1, 0.15) is 0 Å². The number of hydrogen-bond acceptors (Lipinski definition) is 6. The molecule has 0 aromatic rings. The van der Waals surface area contributed by atoms with Crippen molar-refractivity contribution in [1.29, 1.82) is 0 Å². The number of esters is 1. The molecule has 1 N–H and O–H groups in total. The van der Waals surface area contributed by atoms with Crippen molar-refractivity contribution < 1.29 is 23.1 Å². The molecule has 1 rings (SSSR count). The van der Waals surface area contributed by atoms with Crippen LogP contribution in [0.1, 0.15) is 12.8 Å². The molecule has 0 aliphatic carbocycles. The molecule has 1 aliphatic heterocycles. The molecule has 0 aromatic carbocycles. The Balaban J connectivity index is 2.36. The summed E-state index contributed by atoms with van der Waals surface area (Å²) in [5.74, 6) is -0.412. The molecule has 0 bridgehead atoms. The number of carbonyl (C=O) groups excluding carboxylic acids is 1. The van der Waals surface area contributed by atoms with Crippen LogP contribution in [0.5, 0.6) is 0 Å². The molecule has 0 amide bonds. The van der Waals surface area contributed by atoms with E-state index in [9.17, 15) is 13.2 Å². The number of aliphatic hydroxyl groups excluding tert-OH is 1. The molecule has 1 saturated heterocycles. The van der Waals surface area contributed by atoms with Crippen molar-refractivity contribution in [2.75, 3.05) is 52.2 Å². The number of nitrogens with zero attached hydrogens (tertiary/aromatic N) is 2. The van der Waals surface area contributed by atoms with Crippen LogP contribution in [0.3, 0.4) is 0 Å². The largest absolute Gasteiger partial charge is 0.469 e. The van der Waals surface area contributed by atoms with Gasteiger partial charge >= 0.3 is 5.97 Å². The van der Waals surface area contributed by atoms with Crippen LogP contribution in [-0.4, -0.2) is 80.9 Å². The van der Waals surface area contributed by atoms with Gasteiger partial charge in [-0.05, 0) is 6.42 Å². The van der Waals surface area contributed by atoms with Gasteiger partial charge in [-0.1, -0.05) is 0 Å². The molecule has 1 aliphatic rings. The van der Waals surface area contributed by atoms with Crippen LogP contribution in [0.25, 0.3) is 0 Å². The Morgan fingerprint density at radius 1 is 1.26 bits per heavy atom. The third-order valence-corrected chi connectivity index (χ3v) is 5.11. The maximum Gasteiger partial charge on any atom is 0.305 e. The molecular weight excluding hydrogens is 272 g/mol. The highest BCUT2D eigenvalue weighted by atomic mass is 32.2. The van der Waals surface area contributed by atoms with Gasteiger partial charge in [0.2, 0.25) is 10.0 Å². The number of aliphatic hydroxyl groups is 1. The second-order valence-electron chi connectivity index (χ2n) is 4.46. The van der Waals surface area contributed by atoms with Crippen LogP contribution in [0.15, 0.2) is 0 Å². The van der Waals surface area contributed by atoms with E-state index in [4.69, 9.17) is 5.11 Å². The lowest BCUT2D eigenvalue weighted by atomic mass is 10.3. The average molecular weight is 294 g/mol. The highest BCUT2D eigenvalue weighted by Crippen LogP contribution is 2.09. The maximum atomic E-state index is 12.0. The van der Waals surface area contributed by atoms with Crippen molar-refractivity contribution >= 4 is 16.0 Å². The fraction of sp³-hybridized carbons (Fsp3) is 0.909. The normalized spacial score (nSPS) is 18.4. The quantitative estimate of drug-likeness (QED) is 0.599. The summed E-state index contributed by atoms with van der Waals surface area (Å²) in [5, 5.41) is 8.82. The van der Waals surface area contributed by atoms with Crippen LogP contribution in [0, 0.1) is 0 Å². The minimum absolute atomic E-state index is 0.0257. The first-order valence-corrected chi connectivity index (χ1v) is 7.98. The van der Waals surface area contributed by atoms with Crippen LogP contribution in [0.4, 0.5) is 0 Å². The van der Waals surface area contributed by atoms with E-state index in [0.29, 0.717) is 32.7 Å². The lowest BCUT2D eigenvalue weighted by Gasteiger charge is -2.33. The first kappa shape index (κ1) is 16.4. The Morgan fingerprint density at radius 2 is 1.89 bits per heavy atom. The minimum atomic E-state index is -3.29. The number of hydrogen-bond donors (Lipinski definition) is 1. The lowest BCUT2D eigenvalue weighted by molar-refractivity contribution is -0.140. The summed E-state index contributed by atoms with van der Waals surface area (Å²) in [4.78, 5) is 13.0. The number of carbonyl (C=O) groups is 1. The molecule has 0 radical (unpaired) electrons. The fourth-order valence-electron chi connectivity index (χ4n) is 2.00. The number of methoxy groups -OCH3 is 1. The molecule has 8 heteroatoms. The minimum Gasteiger partial charge on any atom is -0.469 e. The van der Waals surface area contributed by atoms with Gasteiger partial charge in [-0.2, -0.15) is 4.31 Å². The number of piperazine rings is 1. The van der Waals surface area contributed by atoms with Crippen LogP contribution < -0.4 is 0 Å². The van der Waals surface area contributed by atoms with Crippen LogP contribution in [0.2, 0.25) is 0 Å². The summed E-state index contributed by atoms with van der Waals surface area (Å²) in [6.07, 6.45) is 0.409. The number of ether oxygens (including phenoxy) is 1. The van der Waals surface area contributed by atoms with Crippen molar-refractivity contribution in [2.24, 2.45) is 0 Å². The molecule has 0 unspecified atom stereocenters. The zero-order chi connectivity index (χ0) is 14.3. The van der Waals surface area contributed by atoms with Crippen molar-refractivity contribution in [1.82, 2.24) is 9.21 Å². The number of β-amino-alcohol motifs (C(OH)–C–C–N with tert-alkyl or cyclic N) is 1. The molecule has 1 fully saturated rings. The Bertz CT molecular complexity index is 377. The third kappa shape index (κ3) is 5.43. The molecule has 0 saturated carbocycles. The highest BCUT2D eigenvalue weighted by molar-refractivity contribution is 7.89. The summed E-state index contributed by atoms with van der Waals surface area (Å²) in [6, 6.07) is 0. The molecule has 0 aromatic heterocycles. The van der Waals surface area contributed by atoms with Gasteiger partial charge in [0.05, 0.1) is 19.5 Å². The van der Waals surface area contributed by atoms with E-state index < -0.39 is 10.0 Å². The summed E-state index contributed by atoms with van der Waals surface area (Å²) in [7, 11) is -2.00. The Morgan fingerprint density at radius 3 is 2.42 bits per heavy atom. The van der Waals surface area contributed by atoms with Crippen molar-refractivity contribution in [3.05, 3.63) is 0 Å². The highest BCUT2D eigenvalue weighted by Gasteiger charge is 2.26. The number of sulfonamides is 1. The molecule has 1 heterocycles. The standard InChI is InChI=1S/C11H22N2O5S/c1-18-11(15)3-2-10-19(16,17)13-6-4-12(5-7-13)8-9-14/h14H,2-10H2,1H3. The van der Waals surface area contributed by atoms with Crippen LogP contribution in [-0.2, 0) is 19.6 Å². The summed E-state index contributed by atoms with van der Waals surface area (Å²) in [6.45, 7) is 2.83. The van der Waals surface area contributed by atoms with Gasteiger partial charge in [0.15, 0.2) is 0 Å². The third-order valence-electron chi connectivity index (χ3n) is 3.15. The topological polar surface area (TPSA) is 87.2 Å². The van der Waals surface area contributed by atoms with E-state index in [-0.39, 0.29) is 31.2 Å². The Hall–Kier alpha value is -0.700. The lowest BCUT2D eigenvalue weighted by Crippen LogP contribution is -2.49. The van der Waals surface area contributed by atoms with E-state index in [1.807, 2.05) is 4.90 Å². The zero-order valence-electron chi connectivity index (χ0n) is 11.2. The smallest absolute Gasteiger partial charge is 0.305 e. The predicted octanol–water partition coefficient (Wildman–Crippen LogP) is -1.12. The van der Waals surface area contributed by atoms with Crippen molar-refractivity contribution in [2.45, 2.75) is 12.8 Å². The summed E-state index contributed by atoms with van der Waals surface area (Å²) >= 11 is 0. The van der Waals surface area contributed by atoms with Crippen molar-refractivity contribution in [3.8, 4) is 0 Å². The second-order valence-corrected chi connectivity index (χ2v) is 6.55. The monoisotopic (exact) mass is 294 g/mol. The van der Waals surface area contributed by atoms with Gasteiger partial charge < -0.3 is 9.84 Å². The summed E-state index contributed by atoms with van der Waals surface area (Å²) in [5.41, 5.74) is 0. The average Bonchev–Trinajstić information content (AvgIpc) is 2.39. The molecule has 7 nitrogen and oxygen atoms in total. The van der Waals surface area contributed by atoms with E-state index in [0.717, 1.165) is 0 Å². The van der Waals surface area contributed by atoms with Gasteiger partial charge in [-0.3, -0.25) is 9.69 Å². The van der Waals surface area contributed by atoms with Crippen molar-refractivity contribution in [3.63, 3.8) is 0 Å². The maximum absolute atomic E-state index is 12.0. The molecule has 0 atom stereocenters. The summed E-state index contributed by atoms with van der Waals surface area (Å²) < 4.78 is 30.0. The van der Waals surface area contributed by atoms with E-state index in [2.05, 4.69) is 4.74 Å². The molecule has 0 spiro atoms. The zero-order valence-corrected chi connectivity index (χ0v) is 12.1. The second kappa shape index (κ2) is 7.78. The van der Waals surface area contributed by atoms with Gasteiger partial charge in [-0.15, -0.1) is 0 Å². The van der Waals surface area contributed by atoms with Gasteiger partial charge in [-0.25, -0.2) is 8.42 Å². The van der Waals surface area contributed by atoms with E-state index in [1.165, 1.54) is 11.4 Å². The van der Waals surface area contributed by atoms with Crippen LogP contribution >= 0.6 is 0 Å². The number of rotatable bonds is 7. The molecular formula is C11H22N2O5S. The Labute approximate surface area is 114 Å². The predicted molar refractivity (Wildman–Crippen MR) is 70.1 cm³/mol. The first-order chi connectivity index (χ1) is 8.99.